The molecule has 9 heteroatoms. The van der Waals surface area contributed by atoms with Crippen LogP contribution < -0.4 is 19.5 Å². The molecule has 0 aromatic heterocycles. The molecule has 2 aromatic rings. The molecule has 1 aliphatic heterocycles. The highest BCUT2D eigenvalue weighted by atomic mass is 32.2. The summed E-state index contributed by atoms with van der Waals surface area (Å²) in [4.78, 5) is 13.1. The number of carbonyl (C=O) groups is 1. The lowest BCUT2D eigenvalue weighted by Crippen LogP contribution is -2.51. The van der Waals surface area contributed by atoms with Gasteiger partial charge in [-0.2, -0.15) is 4.31 Å². The first-order valence-corrected chi connectivity index (χ1v) is 11.8. The number of nitrogens with zero attached hydrogens (tertiary/aromatic N) is 1. The average Bonchev–Trinajstić information content (AvgIpc) is 2.82. The first kappa shape index (κ1) is 23.9. The van der Waals surface area contributed by atoms with Crippen molar-refractivity contribution >= 4 is 15.9 Å². The minimum atomic E-state index is -3.88. The molecule has 1 atom stereocenters. The Morgan fingerprint density at radius 2 is 1.69 bits per heavy atom. The maximum absolute atomic E-state index is 13.4. The highest BCUT2D eigenvalue weighted by molar-refractivity contribution is 7.89. The maximum atomic E-state index is 13.4. The largest absolute Gasteiger partial charge is 0.497 e. The number of methoxy groups -OCH3 is 3. The molecule has 8 nitrogen and oxygen atoms in total. The summed E-state index contributed by atoms with van der Waals surface area (Å²) in [5.74, 6) is 1.22. The lowest BCUT2D eigenvalue weighted by Gasteiger charge is -2.38. The number of piperidine rings is 1. The molecule has 0 spiro atoms. The number of benzene rings is 2. The quantitative estimate of drug-likeness (QED) is 0.648. The molecular formula is C23H30N2O6S. The molecular weight excluding hydrogens is 432 g/mol. The molecule has 1 saturated heterocycles. The Labute approximate surface area is 189 Å². The smallest absolute Gasteiger partial charge is 0.246 e. The van der Waals surface area contributed by atoms with Crippen molar-refractivity contribution in [2.75, 3.05) is 34.4 Å². The van der Waals surface area contributed by atoms with Gasteiger partial charge >= 0.3 is 0 Å². The third-order valence-corrected chi connectivity index (χ3v) is 7.68. The number of hydrogen-bond donors (Lipinski definition) is 1. The van der Waals surface area contributed by atoms with Crippen LogP contribution in [-0.2, 0) is 21.4 Å². The van der Waals surface area contributed by atoms with E-state index in [4.69, 9.17) is 14.2 Å². The summed E-state index contributed by atoms with van der Waals surface area (Å²) in [6.45, 7) is 2.59. The molecule has 0 radical (unpaired) electrons. The second kappa shape index (κ2) is 9.79. The lowest BCUT2D eigenvalue weighted by molar-refractivity contribution is -0.132. The molecule has 3 rings (SSSR count). The number of carbonyl (C=O) groups excluding carboxylic acids is 1. The van der Waals surface area contributed by atoms with E-state index in [9.17, 15) is 13.2 Å². The number of amides is 1. The minimum Gasteiger partial charge on any atom is -0.497 e. The fraction of sp³-hybridized carbons (Fsp3) is 0.435. The van der Waals surface area contributed by atoms with Crippen molar-refractivity contribution in [2.24, 2.45) is 5.41 Å². The van der Waals surface area contributed by atoms with Crippen LogP contribution in [0.15, 0.2) is 47.4 Å². The molecule has 1 aliphatic rings. The molecule has 1 amide bonds. The van der Waals surface area contributed by atoms with Crippen LogP contribution in [0.5, 0.6) is 17.2 Å². The Hall–Kier alpha value is -2.78. The van der Waals surface area contributed by atoms with Crippen LogP contribution in [-0.4, -0.2) is 53.0 Å². The van der Waals surface area contributed by atoms with Gasteiger partial charge in [-0.25, -0.2) is 8.42 Å². The zero-order chi connectivity index (χ0) is 23.4. The lowest BCUT2D eigenvalue weighted by atomic mass is 9.82. The highest BCUT2D eigenvalue weighted by Gasteiger charge is 2.42. The number of ether oxygens (including phenoxy) is 3. The number of hydrogen-bond acceptors (Lipinski definition) is 6. The molecule has 0 aliphatic carbocycles. The topological polar surface area (TPSA) is 94.2 Å². The fourth-order valence-corrected chi connectivity index (χ4v) is 5.62. The monoisotopic (exact) mass is 462 g/mol. The van der Waals surface area contributed by atoms with Crippen LogP contribution >= 0.6 is 0 Å². The first-order chi connectivity index (χ1) is 15.2. The van der Waals surface area contributed by atoms with Gasteiger partial charge in [0.2, 0.25) is 15.9 Å². The van der Waals surface area contributed by atoms with Crippen LogP contribution in [0.1, 0.15) is 25.3 Å². The average molecular weight is 463 g/mol. The molecule has 1 fully saturated rings. The summed E-state index contributed by atoms with van der Waals surface area (Å²) in [7, 11) is 0.616. The predicted molar refractivity (Wildman–Crippen MR) is 120 cm³/mol. The van der Waals surface area contributed by atoms with Gasteiger partial charge in [-0.3, -0.25) is 4.79 Å². The molecule has 0 bridgehead atoms. The van der Waals surface area contributed by atoms with Crippen molar-refractivity contribution < 1.29 is 27.4 Å². The van der Waals surface area contributed by atoms with Crippen LogP contribution in [0.2, 0.25) is 0 Å². The van der Waals surface area contributed by atoms with Crippen molar-refractivity contribution in [3.63, 3.8) is 0 Å². The number of rotatable bonds is 8. The Morgan fingerprint density at radius 1 is 1.03 bits per heavy atom. The van der Waals surface area contributed by atoms with Gasteiger partial charge in [0.1, 0.15) is 22.1 Å². The number of nitrogens with one attached hydrogen (secondary N) is 1. The second-order valence-corrected chi connectivity index (χ2v) is 9.96. The Balaban J connectivity index is 1.76. The summed E-state index contributed by atoms with van der Waals surface area (Å²) in [5.41, 5.74) is 0.0910. The van der Waals surface area contributed by atoms with Gasteiger partial charge in [0.15, 0.2) is 0 Å². The number of sulfonamides is 1. The van der Waals surface area contributed by atoms with Gasteiger partial charge in [0.25, 0.3) is 0 Å². The van der Waals surface area contributed by atoms with Crippen molar-refractivity contribution in [1.29, 1.82) is 0 Å². The van der Waals surface area contributed by atoms with E-state index in [1.165, 1.54) is 24.6 Å². The second-order valence-electron chi connectivity index (χ2n) is 8.05. The van der Waals surface area contributed by atoms with Gasteiger partial charge < -0.3 is 19.5 Å². The molecule has 1 heterocycles. The van der Waals surface area contributed by atoms with E-state index >= 15 is 0 Å². The maximum Gasteiger partial charge on any atom is 0.246 e. The van der Waals surface area contributed by atoms with E-state index in [0.29, 0.717) is 31.7 Å². The summed E-state index contributed by atoms with van der Waals surface area (Å²) in [6.07, 6.45) is 1.18. The van der Waals surface area contributed by atoms with Crippen LogP contribution in [0.4, 0.5) is 0 Å². The van der Waals surface area contributed by atoms with E-state index in [2.05, 4.69) is 5.32 Å². The zero-order valence-electron chi connectivity index (χ0n) is 18.9. The summed E-state index contributed by atoms with van der Waals surface area (Å²) in [6, 6.07) is 12.1. The summed E-state index contributed by atoms with van der Waals surface area (Å²) < 4.78 is 43.8. The van der Waals surface area contributed by atoms with E-state index in [1.807, 2.05) is 24.3 Å². The van der Waals surface area contributed by atoms with Gasteiger partial charge in [0.05, 0.1) is 26.7 Å². The van der Waals surface area contributed by atoms with E-state index in [-0.39, 0.29) is 23.1 Å². The van der Waals surface area contributed by atoms with E-state index in [0.717, 1.165) is 11.3 Å². The molecule has 0 saturated carbocycles. The van der Waals surface area contributed by atoms with Crippen molar-refractivity contribution in [3.05, 3.63) is 48.0 Å². The molecule has 174 valence electrons. The normalized spacial score (nSPS) is 19.2. The predicted octanol–water partition coefficient (Wildman–Crippen LogP) is 2.82. The van der Waals surface area contributed by atoms with Gasteiger partial charge in [0, 0.05) is 25.7 Å². The van der Waals surface area contributed by atoms with E-state index in [1.54, 1.807) is 26.2 Å². The van der Waals surface area contributed by atoms with Crippen LogP contribution in [0, 0.1) is 5.41 Å². The van der Waals surface area contributed by atoms with Gasteiger partial charge in [-0.05, 0) is 49.6 Å². The van der Waals surface area contributed by atoms with Crippen molar-refractivity contribution in [1.82, 2.24) is 9.62 Å². The third kappa shape index (κ3) is 4.99. The Kier molecular flexibility index (Phi) is 7.30. The molecule has 1 N–H and O–H groups in total. The molecule has 1 unspecified atom stereocenters. The third-order valence-electron chi connectivity index (χ3n) is 5.81. The zero-order valence-corrected chi connectivity index (χ0v) is 19.7. The summed E-state index contributed by atoms with van der Waals surface area (Å²) in [5, 5.41) is 2.95. The standard InChI is InChI=1S/C23H30N2O6S/c1-23(22(26)24-15-17-6-8-18(29-2)9-7-17)12-5-13-25(16-23)32(27,28)21-14-19(30-3)10-11-20(21)31-4/h6-11,14H,5,12-13,15-16H2,1-4H3,(H,24,26). The van der Waals surface area contributed by atoms with Crippen molar-refractivity contribution in [2.45, 2.75) is 31.2 Å². The van der Waals surface area contributed by atoms with E-state index < -0.39 is 15.4 Å². The van der Waals surface area contributed by atoms with Gasteiger partial charge in [-0.15, -0.1) is 0 Å². The molecule has 2 aromatic carbocycles. The van der Waals surface area contributed by atoms with Crippen LogP contribution in [0.25, 0.3) is 0 Å². The SMILES string of the molecule is COc1ccc(CNC(=O)C2(C)CCCN(S(=O)(=O)c3cc(OC)ccc3OC)C2)cc1. The van der Waals surface area contributed by atoms with Gasteiger partial charge in [-0.1, -0.05) is 12.1 Å². The first-order valence-electron chi connectivity index (χ1n) is 10.4. The Morgan fingerprint density at radius 3 is 2.31 bits per heavy atom. The fourth-order valence-electron chi connectivity index (χ4n) is 3.85. The van der Waals surface area contributed by atoms with Crippen LogP contribution in [0.3, 0.4) is 0 Å². The highest BCUT2D eigenvalue weighted by Crippen LogP contribution is 2.36. The van der Waals surface area contributed by atoms with Crippen molar-refractivity contribution in [3.8, 4) is 17.2 Å². The molecule has 32 heavy (non-hydrogen) atoms. The Bertz CT molecular complexity index is 1050. The minimum absolute atomic E-state index is 0.0299. The summed E-state index contributed by atoms with van der Waals surface area (Å²) >= 11 is 0.